The van der Waals surface area contributed by atoms with E-state index >= 15 is 0 Å². The van der Waals surface area contributed by atoms with Crippen molar-refractivity contribution in [3.63, 3.8) is 0 Å². The molecule has 0 radical (unpaired) electrons. The number of hydrazone groups is 4. The summed E-state index contributed by atoms with van der Waals surface area (Å²) in [5.74, 6) is 2.80. The summed E-state index contributed by atoms with van der Waals surface area (Å²) in [5.41, 5.74) is 38.2. The molecule has 2 aromatic heterocycles. The first-order valence-corrected chi connectivity index (χ1v) is 49.7. The Morgan fingerprint density at radius 1 is 0.345 bits per heavy atom. The Morgan fingerprint density at radius 3 is 0.959 bits per heavy atom. The molecule has 4 atom stereocenters. The number of rotatable bonds is 29. The van der Waals surface area contributed by atoms with E-state index in [1.54, 1.807) is 117 Å². The first kappa shape index (κ1) is 108. The van der Waals surface area contributed by atoms with E-state index in [1.165, 1.54) is 6.42 Å². The lowest BCUT2D eigenvalue weighted by atomic mass is 9.47. The van der Waals surface area contributed by atoms with Gasteiger partial charge in [0.05, 0.1) is 68.7 Å². The zero-order valence-electron chi connectivity index (χ0n) is 87.8. The molecule has 8 N–H and O–H groups in total. The van der Waals surface area contributed by atoms with Crippen molar-refractivity contribution in [1.82, 2.24) is 31.7 Å². The van der Waals surface area contributed by atoms with E-state index in [-0.39, 0.29) is 76.6 Å². The molecule has 6 heterocycles. The van der Waals surface area contributed by atoms with Gasteiger partial charge in [-0.25, -0.2) is 21.7 Å². The van der Waals surface area contributed by atoms with Gasteiger partial charge in [0, 0.05) is 100 Å². The Labute approximate surface area is 869 Å². The minimum Gasteiger partial charge on any atom is -0.488 e. The van der Waals surface area contributed by atoms with Crippen molar-refractivity contribution in [3.05, 3.63) is 352 Å². The second-order valence-electron chi connectivity index (χ2n) is 41.4. The van der Waals surface area contributed by atoms with Crippen LogP contribution in [0.3, 0.4) is 0 Å². The summed E-state index contributed by atoms with van der Waals surface area (Å²) in [6.07, 6.45) is 9.04. The standard InChI is InChI=1S/C31H33BN2O4.C30H37BN4O4.C27H31BN4O4.C27H30BN3O4/c1-20(33-34-30(35)22-9-5-4-6-10-22)25-11-7-8-12-27(25)36-19-21-13-15-24(16-14-21)32-37-28-18-23-17-26(29(28)38-32)31(23,2)3;1-20(33-34-28(36)22-10-15-25(16-11-22)35(6)7)26-18-24(32)14-17-27(26)37-19-21-8-12-23(13-9-21)31-38-29(2,3)30(4,5)39-31;1-18(31-32-25(33)20-12-14-30-15-13-20)23-16-22(29)10-11-24(23)34-17-19-6-8-21(9-7-19)28-35-26(2,3)27(4,5)36-28;1-19(30-31-25(32)21-14-16-29-17-15-21)23-8-6-7-9-24(23)33-18-20-10-12-22(13-11-20)28-34-26(2,3)27(4,5)35-28/h4-16,23,26,28-29H,17-19H2,1-3H3,(H,34,35);8-18H,19,32H2,1-7H3,(H,34,36);6-16H,17,29H2,1-5H3,(H,32,33);6-17H,18H2,1-5H3,(H,31,32)/b2*33-20+;31-18+;30-19+. The van der Waals surface area contributed by atoms with Gasteiger partial charge in [-0.2, -0.15) is 20.4 Å². The van der Waals surface area contributed by atoms with Crippen molar-refractivity contribution in [2.45, 2.75) is 210 Å². The van der Waals surface area contributed by atoms with Crippen molar-refractivity contribution in [2.24, 2.45) is 37.7 Å². The molecule has 4 saturated heterocycles. The Kier molecular flexibility index (Phi) is 33.8. The maximum atomic E-state index is 12.6. The molecule has 7 fully saturated rings. The number of hydrogen-bond donors (Lipinski definition) is 6. The zero-order valence-corrected chi connectivity index (χ0v) is 87.8. The highest BCUT2D eigenvalue weighted by Gasteiger charge is 2.62. The lowest BCUT2D eigenvalue weighted by Crippen LogP contribution is -2.59. The number of nitrogen functional groups attached to an aromatic ring is 2. The fraction of sp³-hybridized carbons (Fsp3) is 0.322. The molecule has 33 heteroatoms. The minimum absolute atomic E-state index is 0.210. The topological polar surface area (TPSA) is 358 Å². The number of anilines is 3. The number of pyridine rings is 2. The summed E-state index contributed by atoms with van der Waals surface area (Å²) in [4.78, 5) is 59.4. The molecule has 148 heavy (non-hydrogen) atoms. The Balaban J connectivity index is 0.000000148. The Hall–Kier alpha value is -14.4. The largest absolute Gasteiger partial charge is 0.494 e. The van der Waals surface area contributed by atoms with Crippen LogP contribution < -0.4 is 78.9 Å². The van der Waals surface area contributed by atoms with E-state index in [0.717, 1.165) is 73.3 Å². The summed E-state index contributed by atoms with van der Waals surface area (Å²) in [7, 11) is 2.40. The summed E-state index contributed by atoms with van der Waals surface area (Å²) in [5, 5.41) is 17.1. The molecular weight excluding hydrogens is 1860 g/mol. The summed E-state index contributed by atoms with van der Waals surface area (Å²) in [6.45, 7) is 38.0. The van der Waals surface area contributed by atoms with Crippen LogP contribution in [0.2, 0.25) is 0 Å². The molecular formula is C115H131B4N13O16. The van der Waals surface area contributed by atoms with E-state index in [0.29, 0.717) is 128 Å². The second-order valence-corrected chi connectivity index (χ2v) is 41.4. The smallest absolute Gasteiger partial charge is 0.488 e. The first-order chi connectivity index (χ1) is 70.5. The van der Waals surface area contributed by atoms with Gasteiger partial charge in [0.2, 0.25) is 0 Å². The van der Waals surface area contributed by atoms with Gasteiger partial charge in [0.1, 0.15) is 49.4 Å². The van der Waals surface area contributed by atoms with Crippen LogP contribution in [0.15, 0.2) is 306 Å². The van der Waals surface area contributed by atoms with Crippen molar-refractivity contribution < 1.29 is 75.4 Å². The molecule has 4 unspecified atom stereocenters. The SMILES string of the molecule is C/C(=N\NC(=O)c1ccc(N(C)C)cc1)c1cc(N)ccc1OCc1ccc(B2OC(C)(C)C(C)(C)O2)cc1.C/C(=N\NC(=O)c1ccccc1)c1ccccc1OCc1ccc(B2OC3CC4CC(C3O2)C4(C)C)cc1.C/C(=N\NC(=O)c1ccncc1)c1cc(N)ccc1OCc1ccc(B2OC(C)(C)C(C)(C)O2)cc1.C/C(=N\NC(=O)c1ccncc1)c1ccccc1OCc1ccc(B2OC(C)(C)C(C)(C)O2)cc1. The number of nitrogens with one attached hydrogen (secondary N) is 4. The molecule has 764 valence electrons. The number of aromatic nitrogens is 2. The maximum Gasteiger partial charge on any atom is 0.494 e. The highest BCUT2D eigenvalue weighted by molar-refractivity contribution is 6.63. The minimum atomic E-state index is -0.409. The fourth-order valence-corrected chi connectivity index (χ4v) is 17.4. The van der Waals surface area contributed by atoms with E-state index in [9.17, 15) is 19.2 Å². The number of carbonyl (C=O) groups excluding carboxylic acids is 4. The third-order valence-corrected chi connectivity index (χ3v) is 29.0. The molecule has 12 aromatic rings. The molecule has 4 amide bonds. The second kappa shape index (κ2) is 46.3. The van der Waals surface area contributed by atoms with Gasteiger partial charge in [-0.15, -0.1) is 0 Å². The van der Waals surface area contributed by atoms with Gasteiger partial charge in [-0.1, -0.05) is 153 Å². The van der Waals surface area contributed by atoms with Crippen LogP contribution in [0.5, 0.6) is 23.0 Å². The third-order valence-electron chi connectivity index (χ3n) is 29.0. The van der Waals surface area contributed by atoms with Crippen LogP contribution in [0.25, 0.3) is 0 Å². The van der Waals surface area contributed by atoms with Gasteiger partial charge < -0.3 is 72.5 Å². The van der Waals surface area contributed by atoms with Crippen LogP contribution in [0, 0.1) is 17.3 Å². The first-order valence-electron chi connectivity index (χ1n) is 49.7. The van der Waals surface area contributed by atoms with Gasteiger partial charge in [0.15, 0.2) is 0 Å². The number of amides is 4. The van der Waals surface area contributed by atoms with Crippen molar-refractivity contribution in [2.75, 3.05) is 30.5 Å². The highest BCUT2D eigenvalue weighted by Crippen LogP contribution is 2.61. The number of benzene rings is 10. The van der Waals surface area contributed by atoms with Gasteiger partial charge >= 0.3 is 28.5 Å². The molecule has 4 aliphatic heterocycles. The monoisotopic (exact) mass is 1990 g/mol. The van der Waals surface area contributed by atoms with E-state index in [1.807, 2.05) is 274 Å². The third kappa shape index (κ3) is 26.2. The fourth-order valence-electron chi connectivity index (χ4n) is 17.4. The lowest BCUT2D eigenvalue weighted by Gasteiger charge is -2.60. The quantitative estimate of drug-likeness (QED) is 0.0110. The van der Waals surface area contributed by atoms with Crippen LogP contribution in [0.1, 0.15) is 223 Å². The van der Waals surface area contributed by atoms with Crippen molar-refractivity contribution >= 4 is 114 Å². The van der Waals surface area contributed by atoms with Crippen LogP contribution in [-0.4, -0.2) is 145 Å². The normalized spacial score (nSPS) is 18.8. The molecule has 3 saturated carbocycles. The zero-order chi connectivity index (χ0) is 106. The lowest BCUT2D eigenvalue weighted by molar-refractivity contribution is -0.150. The molecule has 29 nitrogen and oxygen atoms in total. The summed E-state index contributed by atoms with van der Waals surface area (Å²) >= 11 is 0. The number of carbonyl (C=O) groups is 4. The number of nitrogens with zero attached hydrogens (tertiary/aromatic N) is 7. The molecule has 19 rings (SSSR count). The van der Waals surface area contributed by atoms with Crippen LogP contribution in [-0.2, 0) is 63.7 Å². The Morgan fingerprint density at radius 2 is 0.635 bits per heavy atom. The molecule has 10 aromatic carbocycles. The van der Waals surface area contributed by atoms with Gasteiger partial charge in [-0.3, -0.25) is 29.1 Å². The van der Waals surface area contributed by atoms with Crippen LogP contribution >= 0.6 is 0 Å². The number of ether oxygens (including phenoxy) is 4. The maximum absolute atomic E-state index is 12.6. The molecule has 7 aliphatic rings. The average Bonchev–Trinajstić information content (AvgIpc) is 1.47. The van der Waals surface area contributed by atoms with E-state index in [4.69, 9.17) is 67.6 Å². The summed E-state index contributed by atoms with van der Waals surface area (Å²) in [6, 6.07) is 81.2. The van der Waals surface area contributed by atoms with Gasteiger partial charge in [0.25, 0.3) is 23.6 Å². The number of hydrogen-bond acceptors (Lipinski definition) is 25. The average molecular weight is 1990 g/mol. The van der Waals surface area contributed by atoms with Crippen LogP contribution in [0.4, 0.5) is 17.1 Å². The molecule has 2 bridgehead atoms. The number of para-hydroxylation sites is 2. The molecule has 3 aliphatic carbocycles. The van der Waals surface area contributed by atoms with E-state index in [2.05, 4.69) is 90.2 Å². The predicted octanol–water partition coefficient (Wildman–Crippen LogP) is 17.1. The highest BCUT2D eigenvalue weighted by atomic mass is 16.7. The predicted molar refractivity (Wildman–Crippen MR) is 584 cm³/mol. The molecule has 0 spiro atoms. The number of nitrogens with two attached hydrogens (primary N) is 2. The Bertz CT molecular complexity index is 6740. The van der Waals surface area contributed by atoms with Crippen molar-refractivity contribution in [3.8, 4) is 23.0 Å². The summed E-state index contributed by atoms with van der Waals surface area (Å²) < 4.78 is 74.1. The van der Waals surface area contributed by atoms with E-state index < -0.39 is 21.4 Å². The van der Waals surface area contributed by atoms with Gasteiger partial charge in [-0.05, 0) is 306 Å². The van der Waals surface area contributed by atoms with Crippen molar-refractivity contribution in [1.29, 1.82) is 0 Å².